The summed E-state index contributed by atoms with van der Waals surface area (Å²) >= 11 is 0. The Balaban J connectivity index is 1.29. The van der Waals surface area contributed by atoms with Gasteiger partial charge in [0.25, 0.3) is 0 Å². The maximum atomic E-state index is 6.14. The van der Waals surface area contributed by atoms with Crippen LogP contribution in [0.5, 0.6) is 0 Å². The van der Waals surface area contributed by atoms with Gasteiger partial charge in [0.05, 0.1) is 18.4 Å². The van der Waals surface area contributed by atoms with Crippen LogP contribution in [0.1, 0.15) is 23.1 Å². The van der Waals surface area contributed by atoms with E-state index in [9.17, 15) is 0 Å². The van der Waals surface area contributed by atoms with Gasteiger partial charge in [-0.3, -0.25) is 4.68 Å². The second-order valence-electron chi connectivity index (χ2n) is 8.17. The highest BCUT2D eigenvalue weighted by molar-refractivity contribution is 5.68. The van der Waals surface area contributed by atoms with E-state index in [-0.39, 0.29) is 0 Å². The lowest BCUT2D eigenvalue weighted by atomic mass is 10.1. The Hall–Kier alpha value is -3.26. The molecule has 1 aliphatic carbocycles. The second kappa shape index (κ2) is 6.97. The van der Waals surface area contributed by atoms with E-state index in [4.69, 9.17) is 17.3 Å². The summed E-state index contributed by atoms with van der Waals surface area (Å²) in [6, 6.07) is 10.6. The molecule has 3 heterocycles. The van der Waals surface area contributed by atoms with Crippen LogP contribution in [-0.2, 0) is 13.0 Å². The summed E-state index contributed by atoms with van der Waals surface area (Å²) in [5.74, 6) is 8.10. The minimum atomic E-state index is 0.380. The molecule has 8 heteroatoms. The van der Waals surface area contributed by atoms with Crippen molar-refractivity contribution >= 4 is 23.0 Å². The Labute approximate surface area is 169 Å². The number of pyridine rings is 1. The molecule has 2 aliphatic rings. The number of anilines is 4. The van der Waals surface area contributed by atoms with Crippen molar-refractivity contribution in [2.75, 3.05) is 34.9 Å². The van der Waals surface area contributed by atoms with E-state index in [2.05, 4.69) is 44.7 Å². The molecule has 0 bridgehead atoms. The molecule has 0 spiro atoms. The Morgan fingerprint density at radius 2 is 1.93 bits per heavy atom. The van der Waals surface area contributed by atoms with Crippen LogP contribution in [0.25, 0.3) is 0 Å². The first kappa shape index (κ1) is 17.8. The third-order valence-corrected chi connectivity index (χ3v) is 5.98. The number of rotatable bonds is 6. The Morgan fingerprint density at radius 1 is 1.10 bits per heavy atom. The van der Waals surface area contributed by atoms with Gasteiger partial charge in [-0.05, 0) is 53.1 Å². The molecule has 1 saturated carbocycles. The first-order chi connectivity index (χ1) is 14.1. The summed E-state index contributed by atoms with van der Waals surface area (Å²) in [6.07, 6.45) is 5.94. The predicted molar refractivity (Wildman–Crippen MR) is 115 cm³/mol. The van der Waals surface area contributed by atoms with Gasteiger partial charge < -0.3 is 21.8 Å². The highest BCUT2D eigenvalue weighted by atomic mass is 15.3. The largest absolute Gasteiger partial charge is 0.395 e. The van der Waals surface area contributed by atoms with Gasteiger partial charge in [0.2, 0.25) is 0 Å². The van der Waals surface area contributed by atoms with Gasteiger partial charge in [-0.1, -0.05) is 12.1 Å². The molecule has 2 aromatic heterocycles. The maximum absolute atomic E-state index is 6.14. The average Bonchev–Trinajstić information content (AvgIpc) is 3.10. The minimum Gasteiger partial charge on any atom is -0.395 e. The number of nitrogens with one attached hydrogen (secondary N) is 1. The molecular formula is C21H26N8. The van der Waals surface area contributed by atoms with E-state index in [1.54, 1.807) is 6.07 Å². The molecule has 7 N–H and O–H groups in total. The quantitative estimate of drug-likeness (QED) is 0.374. The average molecular weight is 390 g/mol. The molecule has 1 aromatic carbocycles. The number of hydrogen-bond donors (Lipinski definition) is 4. The summed E-state index contributed by atoms with van der Waals surface area (Å²) in [4.78, 5) is 6.61. The summed E-state index contributed by atoms with van der Waals surface area (Å²) < 4.78 is 1.96. The second-order valence-corrected chi connectivity index (χ2v) is 8.17. The van der Waals surface area contributed by atoms with Gasteiger partial charge in [0, 0.05) is 31.4 Å². The van der Waals surface area contributed by atoms with Crippen LogP contribution in [0.3, 0.4) is 0 Å². The van der Waals surface area contributed by atoms with Gasteiger partial charge in [0.1, 0.15) is 5.82 Å². The van der Waals surface area contributed by atoms with E-state index in [0.717, 1.165) is 29.5 Å². The van der Waals surface area contributed by atoms with Gasteiger partial charge in [-0.25, -0.2) is 10.8 Å². The van der Waals surface area contributed by atoms with Crippen LogP contribution in [-0.4, -0.2) is 27.9 Å². The zero-order valence-electron chi connectivity index (χ0n) is 16.3. The monoisotopic (exact) mass is 390 g/mol. The molecule has 3 aromatic rings. The zero-order valence-corrected chi connectivity index (χ0v) is 16.3. The summed E-state index contributed by atoms with van der Waals surface area (Å²) in [5.41, 5.74) is 19.5. The number of nitrogens with zero attached hydrogens (tertiary/aromatic N) is 4. The molecule has 1 saturated heterocycles. The lowest BCUT2D eigenvalue weighted by Crippen LogP contribution is -2.21. The van der Waals surface area contributed by atoms with Crippen LogP contribution in [0.15, 0.2) is 42.7 Å². The van der Waals surface area contributed by atoms with E-state index < -0.39 is 0 Å². The van der Waals surface area contributed by atoms with Gasteiger partial charge >= 0.3 is 0 Å². The van der Waals surface area contributed by atoms with Crippen LogP contribution in [0.2, 0.25) is 0 Å². The smallest absolute Gasteiger partial charge is 0.165 e. The number of nitrogen functional groups attached to an aromatic ring is 3. The van der Waals surface area contributed by atoms with Crippen molar-refractivity contribution in [2.45, 2.75) is 19.4 Å². The lowest BCUT2D eigenvalue weighted by molar-refractivity contribution is 0.685. The van der Waals surface area contributed by atoms with Crippen molar-refractivity contribution in [1.29, 1.82) is 0 Å². The molecule has 150 valence electrons. The SMILES string of the molecule is NNc1nc(N)cc(Cc2cnn(Cc3cccc(N4CC5CC5C4)c3)c2)c1N. The number of nitrogens with two attached hydrogens (primary N) is 3. The van der Waals surface area contributed by atoms with Crippen molar-refractivity contribution in [2.24, 2.45) is 17.7 Å². The molecule has 0 amide bonds. The number of aromatic nitrogens is 3. The van der Waals surface area contributed by atoms with Crippen LogP contribution < -0.4 is 27.6 Å². The highest BCUT2D eigenvalue weighted by Gasteiger charge is 2.45. The van der Waals surface area contributed by atoms with Crippen LogP contribution in [0.4, 0.5) is 23.0 Å². The summed E-state index contributed by atoms with van der Waals surface area (Å²) in [5, 5.41) is 4.52. The topological polar surface area (TPSA) is 124 Å². The fraction of sp³-hybridized carbons (Fsp3) is 0.333. The third-order valence-electron chi connectivity index (χ3n) is 5.98. The Bertz CT molecular complexity index is 1030. The highest BCUT2D eigenvalue weighted by Crippen LogP contribution is 2.46. The third kappa shape index (κ3) is 3.58. The van der Waals surface area contributed by atoms with Crippen molar-refractivity contribution in [3.05, 3.63) is 59.4 Å². The molecule has 5 rings (SSSR count). The van der Waals surface area contributed by atoms with Crippen molar-refractivity contribution in [1.82, 2.24) is 14.8 Å². The molecule has 2 atom stereocenters. The Morgan fingerprint density at radius 3 is 2.72 bits per heavy atom. The standard InChI is InChI=1S/C21H26N8/c22-19-7-15(20(23)21(26-19)27-24)4-14-8-25-29(10-14)9-13-2-1-3-18(5-13)28-11-16-6-17(16)12-28/h1-3,5,7-8,10,16-17H,4,6,9,11-12,23-24H2,(H3,22,26,27). The van der Waals surface area contributed by atoms with Crippen molar-refractivity contribution < 1.29 is 0 Å². The summed E-state index contributed by atoms with van der Waals surface area (Å²) in [7, 11) is 0. The predicted octanol–water partition coefficient (Wildman–Crippen LogP) is 1.82. The number of fused-ring (bicyclic) bond motifs is 1. The number of hydrazine groups is 1. The van der Waals surface area contributed by atoms with Gasteiger partial charge in [-0.15, -0.1) is 0 Å². The normalized spacial score (nSPS) is 20.0. The summed E-state index contributed by atoms with van der Waals surface area (Å²) in [6.45, 7) is 3.14. The fourth-order valence-electron chi connectivity index (χ4n) is 4.34. The van der Waals surface area contributed by atoms with Gasteiger partial charge in [0.15, 0.2) is 5.82 Å². The fourth-order valence-corrected chi connectivity index (χ4v) is 4.34. The van der Waals surface area contributed by atoms with Crippen LogP contribution >= 0.6 is 0 Å². The molecule has 2 unspecified atom stereocenters. The molecule has 29 heavy (non-hydrogen) atoms. The minimum absolute atomic E-state index is 0.380. The van der Waals surface area contributed by atoms with Gasteiger partial charge in [-0.2, -0.15) is 5.10 Å². The van der Waals surface area contributed by atoms with Crippen LogP contribution in [0, 0.1) is 11.8 Å². The molecule has 8 nitrogen and oxygen atoms in total. The van der Waals surface area contributed by atoms with E-state index in [1.165, 1.54) is 30.8 Å². The number of piperidine rings is 1. The van der Waals surface area contributed by atoms with E-state index >= 15 is 0 Å². The van der Waals surface area contributed by atoms with Crippen molar-refractivity contribution in [3.63, 3.8) is 0 Å². The Kier molecular flexibility index (Phi) is 4.28. The molecular weight excluding hydrogens is 364 g/mol. The lowest BCUT2D eigenvalue weighted by Gasteiger charge is -2.20. The molecule has 0 radical (unpaired) electrons. The zero-order chi connectivity index (χ0) is 20.0. The maximum Gasteiger partial charge on any atom is 0.165 e. The van der Waals surface area contributed by atoms with Crippen molar-refractivity contribution in [3.8, 4) is 0 Å². The van der Waals surface area contributed by atoms with E-state index in [1.807, 2.05) is 17.1 Å². The number of hydrogen-bond acceptors (Lipinski definition) is 7. The molecule has 2 fully saturated rings. The molecule has 1 aliphatic heterocycles. The number of benzene rings is 1. The first-order valence-corrected chi connectivity index (χ1v) is 9.95. The van der Waals surface area contributed by atoms with E-state index in [0.29, 0.717) is 23.7 Å². The first-order valence-electron chi connectivity index (χ1n) is 9.95.